The zero-order chi connectivity index (χ0) is 20.9. The summed E-state index contributed by atoms with van der Waals surface area (Å²) < 4.78 is 28.2. The number of benzene rings is 1. The molecule has 8 heteroatoms. The fourth-order valence-electron chi connectivity index (χ4n) is 4.30. The summed E-state index contributed by atoms with van der Waals surface area (Å²) in [5, 5.41) is 0. The molecule has 3 aliphatic rings. The molecule has 0 bridgehead atoms. The van der Waals surface area contributed by atoms with E-state index >= 15 is 0 Å². The van der Waals surface area contributed by atoms with Crippen molar-refractivity contribution < 1.29 is 18.0 Å². The number of amides is 1. The second-order valence-corrected chi connectivity index (χ2v) is 9.99. The van der Waals surface area contributed by atoms with Gasteiger partial charge in [0.1, 0.15) is 10.4 Å². The summed E-state index contributed by atoms with van der Waals surface area (Å²) in [5.74, 6) is -0.854. The van der Waals surface area contributed by atoms with Crippen LogP contribution in [0, 0.1) is 0 Å². The van der Waals surface area contributed by atoms with Gasteiger partial charge in [0.2, 0.25) is 0 Å². The molecule has 2 heterocycles. The zero-order valence-electron chi connectivity index (χ0n) is 16.5. The predicted octanol–water partition coefficient (Wildman–Crippen LogP) is 2.72. The summed E-state index contributed by atoms with van der Waals surface area (Å²) in [6.07, 6.45) is 8.56. The summed E-state index contributed by atoms with van der Waals surface area (Å²) in [6.45, 7) is 0. The lowest BCUT2D eigenvalue weighted by atomic mass is 9.96. The number of nitrogens with zero attached hydrogens (tertiary/aromatic N) is 3. The topological polar surface area (TPSA) is 88.8 Å². The van der Waals surface area contributed by atoms with Crippen LogP contribution >= 0.6 is 0 Å². The lowest BCUT2D eigenvalue weighted by molar-refractivity contribution is 0.0863. The van der Waals surface area contributed by atoms with Crippen LogP contribution in [0.5, 0.6) is 0 Å². The Balaban J connectivity index is 1.53. The first kappa shape index (κ1) is 19.2. The van der Waals surface area contributed by atoms with Crippen molar-refractivity contribution in [1.29, 1.82) is 0 Å². The summed E-state index contributed by atoms with van der Waals surface area (Å²) in [7, 11) is -3.90. The van der Waals surface area contributed by atoms with Gasteiger partial charge in [-0.25, -0.2) is 12.7 Å². The fraction of sp³-hybridized carbons (Fsp3) is 0.409. The molecular formula is C22H23N3O4S. The van der Waals surface area contributed by atoms with Gasteiger partial charge in [-0.1, -0.05) is 25.3 Å². The summed E-state index contributed by atoms with van der Waals surface area (Å²) in [6, 6.07) is 9.64. The molecule has 0 atom stereocenters. The molecule has 2 aliphatic carbocycles. The number of sulfonamides is 1. The van der Waals surface area contributed by atoms with Crippen molar-refractivity contribution in [1.82, 2.24) is 8.87 Å². The highest BCUT2D eigenvalue weighted by Crippen LogP contribution is 2.39. The van der Waals surface area contributed by atoms with Gasteiger partial charge in [-0.15, -0.1) is 0 Å². The van der Waals surface area contributed by atoms with Crippen LogP contribution in [0.1, 0.15) is 65.7 Å². The lowest BCUT2D eigenvalue weighted by Crippen LogP contribution is -2.32. The molecule has 5 rings (SSSR count). The van der Waals surface area contributed by atoms with Crippen LogP contribution < -0.4 is 5.49 Å². The van der Waals surface area contributed by atoms with Crippen LogP contribution in [0.2, 0.25) is 0 Å². The Morgan fingerprint density at radius 2 is 1.77 bits per heavy atom. The molecule has 0 N–H and O–H groups in total. The van der Waals surface area contributed by atoms with E-state index in [1.54, 1.807) is 18.3 Å². The standard InChI is InChI=1S/C22H23N3O4S/c26-21(24-13-5-4-8-20(24)23-16-6-2-1-3-7-16)15-9-12-18-19(14-15)30(28,29)25(22(18)27)17-10-11-17/h4-5,8-9,12-14,16-17H,1-3,6-7,10-11H2. The van der Waals surface area contributed by atoms with E-state index in [9.17, 15) is 18.0 Å². The van der Waals surface area contributed by atoms with Gasteiger partial charge in [-0.05, 0) is 56.0 Å². The van der Waals surface area contributed by atoms with Crippen LogP contribution in [-0.4, -0.2) is 41.2 Å². The fourth-order valence-corrected chi connectivity index (χ4v) is 6.14. The zero-order valence-corrected chi connectivity index (χ0v) is 17.3. The molecule has 156 valence electrons. The lowest BCUT2D eigenvalue weighted by Gasteiger charge is -2.17. The Hall–Kier alpha value is -2.74. The van der Waals surface area contributed by atoms with Crippen LogP contribution in [0.3, 0.4) is 0 Å². The van der Waals surface area contributed by atoms with Crippen molar-refractivity contribution in [3.63, 3.8) is 0 Å². The van der Waals surface area contributed by atoms with Crippen molar-refractivity contribution in [2.75, 3.05) is 0 Å². The number of rotatable bonds is 3. The third-order valence-corrected chi connectivity index (χ3v) is 7.90. The molecule has 0 saturated heterocycles. The minimum atomic E-state index is -3.90. The molecule has 1 aromatic heterocycles. The van der Waals surface area contributed by atoms with Gasteiger partial charge in [-0.2, -0.15) is 0 Å². The highest BCUT2D eigenvalue weighted by molar-refractivity contribution is 7.90. The summed E-state index contributed by atoms with van der Waals surface area (Å²) >= 11 is 0. The first-order valence-electron chi connectivity index (χ1n) is 10.5. The normalized spacial score (nSPS) is 21.7. The third-order valence-electron chi connectivity index (χ3n) is 6.02. The molecule has 2 aromatic rings. The molecule has 2 saturated carbocycles. The number of carbonyl (C=O) groups is 2. The Morgan fingerprint density at radius 1 is 1.00 bits per heavy atom. The molecule has 2 fully saturated rings. The highest BCUT2D eigenvalue weighted by atomic mass is 32.2. The van der Waals surface area contributed by atoms with Gasteiger partial charge in [0.15, 0.2) is 0 Å². The van der Waals surface area contributed by atoms with Gasteiger partial charge < -0.3 is 0 Å². The van der Waals surface area contributed by atoms with Gasteiger partial charge in [0.05, 0.1) is 11.6 Å². The second-order valence-electron chi connectivity index (χ2n) is 8.20. The van der Waals surface area contributed by atoms with Crippen molar-refractivity contribution in [3.05, 3.63) is 59.2 Å². The van der Waals surface area contributed by atoms with Crippen LogP contribution in [0.15, 0.2) is 52.5 Å². The van der Waals surface area contributed by atoms with Gasteiger partial charge in [0.25, 0.3) is 21.8 Å². The maximum absolute atomic E-state index is 13.2. The van der Waals surface area contributed by atoms with E-state index in [1.165, 1.54) is 29.2 Å². The maximum Gasteiger partial charge on any atom is 0.269 e. The Kier molecular flexibility index (Phi) is 4.61. The largest absolute Gasteiger partial charge is 0.269 e. The van der Waals surface area contributed by atoms with E-state index in [2.05, 4.69) is 0 Å². The number of fused-ring (bicyclic) bond motifs is 1. The van der Waals surface area contributed by atoms with E-state index in [0.717, 1.165) is 30.0 Å². The van der Waals surface area contributed by atoms with Crippen LogP contribution in [-0.2, 0) is 10.0 Å². The average molecular weight is 426 g/mol. The summed E-state index contributed by atoms with van der Waals surface area (Å²) in [4.78, 5) is 30.5. The van der Waals surface area contributed by atoms with Gasteiger partial charge >= 0.3 is 0 Å². The highest BCUT2D eigenvalue weighted by Gasteiger charge is 2.48. The number of hydrogen-bond acceptors (Lipinski definition) is 5. The van der Waals surface area contributed by atoms with Crippen molar-refractivity contribution >= 4 is 21.8 Å². The number of carbonyl (C=O) groups excluding carboxylic acids is 2. The van der Waals surface area contributed by atoms with Crippen LogP contribution in [0.25, 0.3) is 0 Å². The maximum atomic E-state index is 13.2. The quantitative estimate of drug-likeness (QED) is 0.756. The molecule has 0 radical (unpaired) electrons. The van der Waals surface area contributed by atoms with Gasteiger partial charge in [-0.3, -0.25) is 19.1 Å². The Morgan fingerprint density at radius 3 is 2.50 bits per heavy atom. The monoisotopic (exact) mass is 425 g/mol. The third kappa shape index (κ3) is 3.19. The second kappa shape index (κ2) is 7.19. The molecule has 1 aliphatic heterocycles. The summed E-state index contributed by atoms with van der Waals surface area (Å²) in [5.41, 5.74) is 0.927. The van der Waals surface area contributed by atoms with Crippen molar-refractivity contribution in [2.45, 2.75) is 61.9 Å². The molecule has 0 unspecified atom stereocenters. The molecule has 0 spiro atoms. The molecule has 1 aromatic carbocycles. The molecule has 1 amide bonds. The van der Waals surface area contributed by atoms with Gasteiger partial charge in [0, 0.05) is 17.8 Å². The van der Waals surface area contributed by atoms with E-state index in [4.69, 9.17) is 4.99 Å². The Labute approximate surface area is 175 Å². The molecule has 30 heavy (non-hydrogen) atoms. The minimum absolute atomic E-state index is 0.0763. The number of aromatic nitrogens is 1. The molecular weight excluding hydrogens is 402 g/mol. The first-order valence-corrected chi connectivity index (χ1v) is 11.9. The van der Waals surface area contributed by atoms with E-state index in [-0.39, 0.29) is 34.0 Å². The van der Waals surface area contributed by atoms with Crippen molar-refractivity contribution in [3.8, 4) is 0 Å². The first-order chi connectivity index (χ1) is 14.5. The van der Waals surface area contributed by atoms with E-state index < -0.39 is 15.9 Å². The minimum Gasteiger partial charge on any atom is -0.268 e. The van der Waals surface area contributed by atoms with Crippen LogP contribution in [0.4, 0.5) is 0 Å². The smallest absolute Gasteiger partial charge is 0.268 e. The number of pyridine rings is 1. The predicted molar refractivity (Wildman–Crippen MR) is 109 cm³/mol. The Bertz CT molecular complexity index is 1200. The van der Waals surface area contributed by atoms with E-state index in [0.29, 0.717) is 18.3 Å². The van der Waals surface area contributed by atoms with Crippen molar-refractivity contribution in [2.24, 2.45) is 4.99 Å². The van der Waals surface area contributed by atoms with E-state index in [1.807, 2.05) is 6.07 Å². The number of hydrogen-bond donors (Lipinski definition) is 0. The SMILES string of the molecule is O=C1c2ccc(C(=O)n3ccccc3=NC3CCCCC3)cc2S(=O)(=O)N1C1CC1. The average Bonchev–Trinajstić information content (AvgIpc) is 3.56. The molecule has 7 nitrogen and oxygen atoms in total.